The van der Waals surface area contributed by atoms with E-state index in [0.717, 1.165) is 39.0 Å². The molecule has 3 aliphatic rings. The Labute approximate surface area is 128 Å². The van der Waals surface area contributed by atoms with E-state index in [1.807, 2.05) is 4.90 Å². The van der Waals surface area contributed by atoms with Crippen LogP contribution < -0.4 is 5.32 Å². The average Bonchev–Trinajstić information content (AvgIpc) is 3.06. The van der Waals surface area contributed by atoms with Crippen molar-refractivity contribution in [1.29, 1.82) is 0 Å². The quantitative estimate of drug-likeness (QED) is 0.827. The molecule has 0 saturated carbocycles. The second-order valence-corrected chi connectivity index (χ2v) is 6.67. The molecule has 4 unspecified atom stereocenters. The first-order valence-electron chi connectivity index (χ1n) is 8.65. The molecule has 0 bridgehead atoms. The summed E-state index contributed by atoms with van der Waals surface area (Å²) < 4.78 is 6.03. The minimum atomic E-state index is 0.0167. The highest BCUT2D eigenvalue weighted by molar-refractivity contribution is 5.84. The fraction of sp³-hybridized carbons (Fsp3) is 0.938. The van der Waals surface area contributed by atoms with Crippen LogP contribution in [0.5, 0.6) is 0 Å². The van der Waals surface area contributed by atoms with Crippen LogP contribution in [-0.4, -0.2) is 66.3 Å². The van der Waals surface area contributed by atoms with Crippen molar-refractivity contribution < 1.29 is 9.53 Å². The van der Waals surface area contributed by atoms with Crippen LogP contribution in [0.25, 0.3) is 0 Å². The predicted octanol–water partition coefficient (Wildman–Crippen LogP) is 1.19. The summed E-state index contributed by atoms with van der Waals surface area (Å²) >= 11 is 0. The van der Waals surface area contributed by atoms with Crippen LogP contribution in [0.4, 0.5) is 0 Å². The molecule has 0 aromatic heterocycles. The largest absolute Gasteiger partial charge is 0.373 e. The fourth-order valence-electron chi connectivity index (χ4n) is 4.01. The Morgan fingerprint density at radius 1 is 1.38 bits per heavy atom. The molecule has 0 aromatic rings. The molecule has 0 aliphatic carbocycles. The third-order valence-electron chi connectivity index (χ3n) is 5.18. The zero-order valence-corrected chi connectivity index (χ0v) is 13.4. The molecule has 1 N–H and O–H groups in total. The molecule has 0 spiro atoms. The fourth-order valence-corrected chi connectivity index (χ4v) is 4.01. The monoisotopic (exact) mass is 295 g/mol. The average molecular weight is 295 g/mol. The minimum Gasteiger partial charge on any atom is -0.373 e. The number of nitrogens with zero attached hydrogens (tertiary/aromatic N) is 2. The molecule has 5 heteroatoms. The molecule has 4 atom stereocenters. The Balaban J connectivity index is 1.59. The van der Waals surface area contributed by atoms with Gasteiger partial charge in [-0.25, -0.2) is 0 Å². The van der Waals surface area contributed by atoms with Crippen molar-refractivity contribution in [2.75, 3.05) is 26.2 Å². The Morgan fingerprint density at radius 2 is 2.24 bits per heavy atom. The predicted molar refractivity (Wildman–Crippen MR) is 82.0 cm³/mol. The van der Waals surface area contributed by atoms with Gasteiger partial charge in [-0.05, 0) is 32.2 Å². The van der Waals surface area contributed by atoms with E-state index >= 15 is 0 Å². The van der Waals surface area contributed by atoms with Gasteiger partial charge in [-0.1, -0.05) is 20.3 Å². The van der Waals surface area contributed by atoms with Crippen LogP contribution in [0.2, 0.25) is 0 Å². The summed E-state index contributed by atoms with van der Waals surface area (Å²) in [7, 11) is 0. The number of nitrogens with one attached hydrogen (secondary N) is 1. The van der Waals surface area contributed by atoms with E-state index in [2.05, 4.69) is 24.1 Å². The summed E-state index contributed by atoms with van der Waals surface area (Å²) in [4.78, 5) is 17.1. The molecule has 3 saturated heterocycles. The van der Waals surface area contributed by atoms with E-state index in [-0.39, 0.29) is 24.2 Å². The SMILES string of the molecule is CCCC1NC(CC)N(CC2CN3CCCC3CO2)C1=O. The van der Waals surface area contributed by atoms with Gasteiger partial charge in [0.15, 0.2) is 0 Å². The Hall–Kier alpha value is -0.650. The normalized spacial score (nSPS) is 37.2. The summed E-state index contributed by atoms with van der Waals surface area (Å²) in [5.41, 5.74) is 0. The molecule has 3 fully saturated rings. The van der Waals surface area contributed by atoms with Crippen molar-refractivity contribution in [3.63, 3.8) is 0 Å². The highest BCUT2D eigenvalue weighted by atomic mass is 16.5. The number of fused-ring (bicyclic) bond motifs is 1. The molecule has 0 radical (unpaired) electrons. The number of ether oxygens (including phenoxy) is 1. The standard InChI is InChI=1S/C16H29N3O2/c1-3-6-14-16(20)19(15(4-2)17-14)10-13-9-18-8-5-7-12(18)11-21-13/h12-15,17H,3-11H2,1-2H3. The van der Waals surface area contributed by atoms with Gasteiger partial charge in [0.1, 0.15) is 0 Å². The summed E-state index contributed by atoms with van der Waals surface area (Å²) in [5, 5.41) is 3.48. The minimum absolute atomic E-state index is 0.0167. The lowest BCUT2D eigenvalue weighted by Gasteiger charge is -2.37. The van der Waals surface area contributed by atoms with Gasteiger partial charge < -0.3 is 9.64 Å². The van der Waals surface area contributed by atoms with Gasteiger partial charge in [-0.15, -0.1) is 0 Å². The maximum Gasteiger partial charge on any atom is 0.241 e. The Bertz CT molecular complexity index is 377. The van der Waals surface area contributed by atoms with Crippen LogP contribution >= 0.6 is 0 Å². The zero-order valence-electron chi connectivity index (χ0n) is 13.4. The molecular formula is C16H29N3O2. The number of amides is 1. The molecular weight excluding hydrogens is 266 g/mol. The first kappa shape index (κ1) is 15.3. The number of hydrogen-bond acceptors (Lipinski definition) is 4. The summed E-state index contributed by atoms with van der Waals surface area (Å²) in [6, 6.07) is 0.645. The van der Waals surface area contributed by atoms with Gasteiger partial charge in [-0.3, -0.25) is 15.0 Å². The van der Waals surface area contributed by atoms with Crippen molar-refractivity contribution in [2.45, 2.75) is 70.3 Å². The van der Waals surface area contributed by atoms with E-state index in [0.29, 0.717) is 6.04 Å². The molecule has 120 valence electrons. The van der Waals surface area contributed by atoms with Crippen molar-refractivity contribution in [3.05, 3.63) is 0 Å². The third kappa shape index (κ3) is 3.10. The Kier molecular flexibility index (Phi) is 4.82. The lowest BCUT2D eigenvalue weighted by Crippen LogP contribution is -2.52. The summed E-state index contributed by atoms with van der Waals surface area (Å²) in [6.45, 7) is 8.06. The molecule has 1 amide bonds. The number of carbonyl (C=O) groups excluding carboxylic acids is 1. The highest BCUT2D eigenvalue weighted by Crippen LogP contribution is 2.24. The molecule has 3 rings (SSSR count). The van der Waals surface area contributed by atoms with Gasteiger partial charge in [0.2, 0.25) is 5.91 Å². The molecule has 0 aromatic carbocycles. The Morgan fingerprint density at radius 3 is 3.00 bits per heavy atom. The second-order valence-electron chi connectivity index (χ2n) is 6.67. The smallest absolute Gasteiger partial charge is 0.241 e. The van der Waals surface area contributed by atoms with Crippen LogP contribution in [0, 0.1) is 0 Å². The van der Waals surface area contributed by atoms with E-state index in [1.54, 1.807) is 0 Å². The maximum atomic E-state index is 12.6. The lowest BCUT2D eigenvalue weighted by molar-refractivity contribution is -0.134. The molecule has 3 heterocycles. The van der Waals surface area contributed by atoms with Crippen molar-refractivity contribution in [1.82, 2.24) is 15.1 Å². The van der Waals surface area contributed by atoms with Crippen LogP contribution in [0.1, 0.15) is 46.0 Å². The topological polar surface area (TPSA) is 44.8 Å². The van der Waals surface area contributed by atoms with Crippen LogP contribution in [0.15, 0.2) is 0 Å². The van der Waals surface area contributed by atoms with E-state index < -0.39 is 0 Å². The number of hydrogen-bond donors (Lipinski definition) is 1. The lowest BCUT2D eigenvalue weighted by atomic mass is 10.1. The van der Waals surface area contributed by atoms with E-state index in [9.17, 15) is 4.79 Å². The first-order valence-corrected chi connectivity index (χ1v) is 8.65. The van der Waals surface area contributed by atoms with Crippen molar-refractivity contribution in [3.8, 4) is 0 Å². The zero-order chi connectivity index (χ0) is 14.8. The third-order valence-corrected chi connectivity index (χ3v) is 5.18. The second kappa shape index (κ2) is 6.63. The summed E-state index contributed by atoms with van der Waals surface area (Å²) in [5.74, 6) is 0.274. The van der Waals surface area contributed by atoms with Crippen molar-refractivity contribution in [2.24, 2.45) is 0 Å². The van der Waals surface area contributed by atoms with E-state index in [1.165, 1.54) is 19.4 Å². The van der Waals surface area contributed by atoms with Gasteiger partial charge in [0.25, 0.3) is 0 Å². The number of rotatable bonds is 5. The van der Waals surface area contributed by atoms with Crippen molar-refractivity contribution >= 4 is 5.91 Å². The molecule has 3 aliphatic heterocycles. The molecule has 21 heavy (non-hydrogen) atoms. The summed E-state index contributed by atoms with van der Waals surface area (Å²) in [6.07, 6.45) is 5.88. The maximum absolute atomic E-state index is 12.6. The van der Waals surface area contributed by atoms with Gasteiger partial charge in [0.05, 0.1) is 24.9 Å². The van der Waals surface area contributed by atoms with Gasteiger partial charge in [-0.2, -0.15) is 0 Å². The van der Waals surface area contributed by atoms with Gasteiger partial charge in [0, 0.05) is 19.1 Å². The molecule has 5 nitrogen and oxygen atoms in total. The first-order chi connectivity index (χ1) is 10.2. The highest BCUT2D eigenvalue weighted by Gasteiger charge is 2.40. The number of morpholine rings is 1. The van der Waals surface area contributed by atoms with Crippen LogP contribution in [-0.2, 0) is 9.53 Å². The number of carbonyl (C=O) groups is 1. The van der Waals surface area contributed by atoms with Gasteiger partial charge >= 0.3 is 0 Å². The van der Waals surface area contributed by atoms with Crippen LogP contribution in [0.3, 0.4) is 0 Å². The van der Waals surface area contributed by atoms with E-state index in [4.69, 9.17) is 4.74 Å².